The molecule has 0 aliphatic heterocycles. The van der Waals surface area contributed by atoms with Crippen LogP contribution in [0, 0.1) is 0 Å². The van der Waals surface area contributed by atoms with E-state index >= 15 is 0 Å². The quantitative estimate of drug-likeness (QED) is 0.673. The number of hydrogen-bond acceptors (Lipinski definition) is 4. The summed E-state index contributed by atoms with van der Waals surface area (Å²) < 4.78 is 5.67. The van der Waals surface area contributed by atoms with Crippen molar-refractivity contribution in [3.05, 3.63) is 28.2 Å². The lowest BCUT2D eigenvalue weighted by Gasteiger charge is -2.14. The smallest absolute Gasteiger partial charge is 0.356 e. The molecule has 1 aromatic rings. The second-order valence-corrected chi connectivity index (χ2v) is 4.32. The highest BCUT2D eigenvalue weighted by molar-refractivity contribution is 9.10. The fraction of sp³-hybridized carbons (Fsp3) is 0.273. The monoisotopic (exact) mass is 318 g/mol. The van der Waals surface area contributed by atoms with Gasteiger partial charge in [-0.15, -0.1) is 0 Å². The first-order valence-electron chi connectivity index (χ1n) is 4.97. The minimum absolute atomic E-state index is 0.127. The van der Waals surface area contributed by atoms with Gasteiger partial charge in [-0.25, -0.2) is 9.59 Å². The van der Waals surface area contributed by atoms with Crippen molar-refractivity contribution in [2.24, 2.45) is 0 Å². The van der Waals surface area contributed by atoms with E-state index in [9.17, 15) is 9.59 Å². The van der Waals surface area contributed by atoms with Crippen molar-refractivity contribution < 1.29 is 29.6 Å². The van der Waals surface area contributed by atoms with Gasteiger partial charge in [-0.1, -0.05) is 15.9 Å². The zero-order valence-electron chi connectivity index (χ0n) is 9.17. The van der Waals surface area contributed by atoms with Crippen LogP contribution in [0.5, 0.6) is 5.75 Å². The molecular formula is C11H11BrO6. The van der Waals surface area contributed by atoms with Crippen LogP contribution in [-0.2, 0) is 16.0 Å². The van der Waals surface area contributed by atoms with Gasteiger partial charge in [-0.05, 0) is 30.2 Å². The molecule has 0 atom stereocenters. The third kappa shape index (κ3) is 3.71. The minimum Gasteiger partial charge on any atom is -0.478 e. The van der Waals surface area contributed by atoms with Gasteiger partial charge in [0.05, 0.1) is 0 Å². The number of carboxylic acid groups (broad SMARTS) is 2. The molecule has 7 heteroatoms. The van der Waals surface area contributed by atoms with Gasteiger partial charge in [0.15, 0.2) is 0 Å². The summed E-state index contributed by atoms with van der Waals surface area (Å²) in [7, 11) is 0. The molecule has 0 aliphatic rings. The first-order valence-corrected chi connectivity index (χ1v) is 5.76. The first-order chi connectivity index (χ1) is 8.45. The predicted molar refractivity (Wildman–Crippen MR) is 64.6 cm³/mol. The second-order valence-electron chi connectivity index (χ2n) is 3.40. The lowest BCUT2D eigenvalue weighted by Crippen LogP contribution is -2.35. The summed E-state index contributed by atoms with van der Waals surface area (Å²) in [6.07, 6.45) is -1.73. The van der Waals surface area contributed by atoms with Gasteiger partial charge in [0.2, 0.25) is 0 Å². The van der Waals surface area contributed by atoms with E-state index in [1.165, 1.54) is 6.07 Å². The summed E-state index contributed by atoms with van der Waals surface area (Å²) in [5, 5.41) is 26.3. The molecule has 0 fully saturated rings. The predicted octanol–water partition coefficient (Wildman–Crippen LogP) is 0.901. The molecule has 6 nitrogen and oxygen atoms in total. The highest BCUT2D eigenvalue weighted by Gasteiger charge is 2.28. The number of aliphatic hydroxyl groups excluding tert-OH is 1. The van der Waals surface area contributed by atoms with Crippen LogP contribution in [0.25, 0.3) is 0 Å². The Hall–Kier alpha value is -1.60. The van der Waals surface area contributed by atoms with Crippen molar-refractivity contribution in [1.82, 2.24) is 0 Å². The molecule has 0 unspecified atom stereocenters. The summed E-state index contributed by atoms with van der Waals surface area (Å²) >= 11 is 3.22. The Labute approximate surface area is 111 Å². The van der Waals surface area contributed by atoms with E-state index in [0.717, 1.165) is 4.47 Å². The van der Waals surface area contributed by atoms with Crippen LogP contribution >= 0.6 is 15.9 Å². The highest BCUT2D eigenvalue weighted by atomic mass is 79.9. The molecule has 0 saturated carbocycles. The number of aliphatic hydroxyl groups is 1. The number of hydrogen-bond donors (Lipinski definition) is 3. The number of aliphatic carboxylic acids is 2. The van der Waals surface area contributed by atoms with Crippen LogP contribution in [0.3, 0.4) is 0 Å². The lowest BCUT2D eigenvalue weighted by molar-refractivity contribution is -0.159. The fourth-order valence-electron chi connectivity index (χ4n) is 1.31. The average molecular weight is 319 g/mol. The minimum atomic E-state index is -1.97. The third-order valence-electron chi connectivity index (χ3n) is 2.10. The number of carbonyl (C=O) groups is 2. The van der Waals surface area contributed by atoms with Crippen LogP contribution < -0.4 is 4.74 Å². The molecule has 0 amide bonds. The third-order valence-corrected chi connectivity index (χ3v) is 2.59. The van der Waals surface area contributed by atoms with Gasteiger partial charge < -0.3 is 20.1 Å². The van der Waals surface area contributed by atoms with Crippen molar-refractivity contribution in [2.75, 3.05) is 6.61 Å². The van der Waals surface area contributed by atoms with Crippen molar-refractivity contribution in [1.29, 1.82) is 0 Å². The summed E-state index contributed by atoms with van der Waals surface area (Å²) in [4.78, 5) is 21.4. The summed E-state index contributed by atoms with van der Waals surface area (Å²) in [5.41, 5.74) is 0.527. The number of benzene rings is 1. The van der Waals surface area contributed by atoms with E-state index in [1.807, 2.05) is 0 Å². The van der Waals surface area contributed by atoms with Crippen molar-refractivity contribution in [3.8, 4) is 5.75 Å². The molecule has 0 saturated heterocycles. The molecule has 3 N–H and O–H groups in total. The van der Waals surface area contributed by atoms with Crippen LogP contribution in [-0.4, -0.2) is 40.0 Å². The first kappa shape index (κ1) is 14.5. The van der Waals surface area contributed by atoms with Gasteiger partial charge in [-0.2, -0.15) is 0 Å². The van der Waals surface area contributed by atoms with Crippen LogP contribution in [0.1, 0.15) is 5.56 Å². The van der Waals surface area contributed by atoms with Crippen LogP contribution in [0.15, 0.2) is 22.7 Å². The molecule has 0 bridgehead atoms. The largest absolute Gasteiger partial charge is 0.478 e. The zero-order chi connectivity index (χ0) is 13.7. The van der Waals surface area contributed by atoms with E-state index in [4.69, 9.17) is 20.1 Å². The Morgan fingerprint density at radius 1 is 1.28 bits per heavy atom. The highest BCUT2D eigenvalue weighted by Crippen LogP contribution is 2.24. The molecule has 0 heterocycles. The van der Waals surface area contributed by atoms with Gasteiger partial charge in [0.1, 0.15) is 5.75 Å². The van der Waals surface area contributed by atoms with Crippen molar-refractivity contribution >= 4 is 27.9 Å². The molecule has 18 heavy (non-hydrogen) atoms. The summed E-state index contributed by atoms with van der Waals surface area (Å²) in [6.45, 7) is -0.155. The Bertz CT molecular complexity index is 445. The molecule has 1 rings (SSSR count). The Morgan fingerprint density at radius 2 is 1.89 bits per heavy atom. The van der Waals surface area contributed by atoms with Crippen molar-refractivity contribution in [2.45, 2.75) is 12.5 Å². The number of halogens is 1. The summed E-state index contributed by atoms with van der Waals surface area (Å²) in [5.74, 6) is -3.04. The number of carboxylic acids is 2. The Kier molecular flexibility index (Phi) is 5.11. The lowest BCUT2D eigenvalue weighted by atomic mass is 10.1. The van der Waals surface area contributed by atoms with E-state index in [2.05, 4.69) is 15.9 Å². The Morgan fingerprint density at radius 3 is 2.39 bits per heavy atom. The maximum atomic E-state index is 10.7. The molecule has 0 radical (unpaired) electrons. The maximum absolute atomic E-state index is 10.7. The van der Waals surface area contributed by atoms with Crippen LogP contribution in [0.2, 0.25) is 0 Å². The Balaban J connectivity index is 3.01. The van der Waals surface area contributed by atoms with E-state index in [0.29, 0.717) is 5.56 Å². The summed E-state index contributed by atoms with van der Waals surface area (Å²) in [6, 6.07) is 4.68. The number of rotatable bonds is 6. The molecule has 1 aromatic carbocycles. The van der Waals surface area contributed by atoms with Crippen LogP contribution in [0.4, 0.5) is 0 Å². The van der Waals surface area contributed by atoms with E-state index in [1.54, 1.807) is 12.1 Å². The van der Waals surface area contributed by atoms with E-state index in [-0.39, 0.29) is 18.8 Å². The fourth-order valence-corrected chi connectivity index (χ4v) is 1.72. The molecule has 0 aromatic heterocycles. The maximum Gasteiger partial charge on any atom is 0.356 e. The van der Waals surface area contributed by atoms with Gasteiger partial charge >= 0.3 is 11.9 Å². The normalized spacial score (nSPS) is 10.4. The van der Waals surface area contributed by atoms with Gasteiger partial charge in [0.25, 0.3) is 6.10 Å². The van der Waals surface area contributed by atoms with Gasteiger partial charge in [-0.3, -0.25) is 0 Å². The van der Waals surface area contributed by atoms with Crippen molar-refractivity contribution in [3.63, 3.8) is 0 Å². The standard InChI is InChI=1S/C11H11BrO6/c12-7-1-2-8(6(5-7)3-4-13)18-9(10(14)15)11(16)17/h1-2,5,9,13H,3-4H2,(H,14,15)(H,16,17). The molecule has 0 aliphatic carbocycles. The topological polar surface area (TPSA) is 104 Å². The average Bonchev–Trinajstić information content (AvgIpc) is 2.27. The zero-order valence-corrected chi connectivity index (χ0v) is 10.8. The SMILES string of the molecule is O=C(O)C(Oc1ccc(Br)cc1CCO)C(=O)O. The molecule has 98 valence electrons. The van der Waals surface area contributed by atoms with Gasteiger partial charge in [0, 0.05) is 11.1 Å². The second kappa shape index (κ2) is 6.36. The van der Waals surface area contributed by atoms with E-state index < -0.39 is 18.0 Å². The molecule has 0 spiro atoms. The molecular weight excluding hydrogens is 308 g/mol. The number of ether oxygens (including phenoxy) is 1.